The number of anilines is 1. The van der Waals surface area contributed by atoms with Gasteiger partial charge in [-0.25, -0.2) is 4.79 Å². The summed E-state index contributed by atoms with van der Waals surface area (Å²) in [7, 11) is 1.52. The van der Waals surface area contributed by atoms with E-state index in [0.29, 0.717) is 18.4 Å². The number of hydrogen-bond donors (Lipinski definition) is 2. The summed E-state index contributed by atoms with van der Waals surface area (Å²) in [5.41, 5.74) is 1.67. The van der Waals surface area contributed by atoms with Crippen molar-refractivity contribution in [3.63, 3.8) is 0 Å². The van der Waals surface area contributed by atoms with Gasteiger partial charge in [0.2, 0.25) is 0 Å². The van der Waals surface area contributed by atoms with E-state index < -0.39 is 0 Å². The van der Waals surface area contributed by atoms with E-state index in [-0.39, 0.29) is 17.8 Å². The third-order valence-corrected chi connectivity index (χ3v) is 5.56. The minimum absolute atomic E-state index is 0.0959. The van der Waals surface area contributed by atoms with E-state index in [2.05, 4.69) is 5.32 Å². The molecule has 154 valence electrons. The van der Waals surface area contributed by atoms with Crippen LogP contribution in [0.3, 0.4) is 0 Å². The Hall–Kier alpha value is -2.89. The summed E-state index contributed by atoms with van der Waals surface area (Å²) in [5.74, 6) is 1.36. The number of phenolic OH excluding ortho intramolecular Hbond substituents is 1. The molecule has 0 atom stereocenters. The summed E-state index contributed by atoms with van der Waals surface area (Å²) < 4.78 is 11.2. The molecule has 0 spiro atoms. The lowest BCUT2D eigenvalue weighted by Gasteiger charge is -2.23. The van der Waals surface area contributed by atoms with Gasteiger partial charge in [-0.05, 0) is 80.5 Å². The molecule has 2 amide bonds. The largest absolute Gasteiger partial charge is 0.504 e. The molecule has 2 aromatic carbocycles. The third-order valence-electron chi connectivity index (χ3n) is 5.56. The topological polar surface area (TPSA) is 71.0 Å². The van der Waals surface area contributed by atoms with Crippen LogP contribution < -0.4 is 14.8 Å². The minimum Gasteiger partial charge on any atom is -0.504 e. The molecule has 0 saturated heterocycles. The number of carbonyl (C=O) groups is 1. The van der Waals surface area contributed by atoms with Gasteiger partial charge in [0, 0.05) is 18.3 Å². The molecule has 0 radical (unpaired) electrons. The standard InChI is InChI=1S/C23H28N2O4/c1-28-22-14-16(6-13-21(22)26)15-25(18-9-10-18)23(27)24-17-7-11-20(12-8-17)29-19-4-2-3-5-19/h6-8,11-14,18-19,26H,2-5,9-10,15H2,1H3,(H,24,27). The minimum atomic E-state index is -0.121. The molecular weight excluding hydrogens is 368 g/mol. The number of benzene rings is 2. The molecule has 6 heteroatoms. The van der Waals surface area contributed by atoms with Gasteiger partial charge in [0.15, 0.2) is 11.5 Å². The second-order valence-electron chi connectivity index (χ2n) is 7.84. The fraction of sp³-hybridized carbons (Fsp3) is 0.435. The van der Waals surface area contributed by atoms with Crippen LogP contribution in [0.1, 0.15) is 44.1 Å². The van der Waals surface area contributed by atoms with Crippen LogP contribution in [0.2, 0.25) is 0 Å². The first-order chi connectivity index (χ1) is 14.1. The number of nitrogens with zero attached hydrogens (tertiary/aromatic N) is 1. The highest BCUT2D eigenvalue weighted by Gasteiger charge is 2.32. The Morgan fingerprint density at radius 2 is 1.83 bits per heavy atom. The van der Waals surface area contributed by atoms with E-state index in [1.165, 1.54) is 20.0 Å². The SMILES string of the molecule is COc1cc(CN(C(=O)Nc2ccc(OC3CCCC3)cc2)C2CC2)ccc1O. The number of amides is 2. The summed E-state index contributed by atoms with van der Waals surface area (Å²) in [6, 6.07) is 12.9. The van der Waals surface area contributed by atoms with Crippen LogP contribution in [0.4, 0.5) is 10.5 Å². The Labute approximate surface area is 171 Å². The van der Waals surface area contributed by atoms with Gasteiger partial charge in [0.05, 0.1) is 13.2 Å². The first kappa shape index (κ1) is 19.4. The van der Waals surface area contributed by atoms with Gasteiger partial charge in [0.1, 0.15) is 5.75 Å². The number of ether oxygens (including phenoxy) is 2. The molecule has 0 aromatic heterocycles. The van der Waals surface area contributed by atoms with Crippen LogP contribution in [0.15, 0.2) is 42.5 Å². The van der Waals surface area contributed by atoms with Gasteiger partial charge >= 0.3 is 6.03 Å². The van der Waals surface area contributed by atoms with Crippen molar-refractivity contribution >= 4 is 11.7 Å². The van der Waals surface area contributed by atoms with Crippen LogP contribution in [-0.2, 0) is 6.54 Å². The number of urea groups is 1. The Morgan fingerprint density at radius 3 is 2.48 bits per heavy atom. The van der Waals surface area contributed by atoms with Crippen molar-refractivity contribution in [1.82, 2.24) is 4.90 Å². The van der Waals surface area contributed by atoms with E-state index in [1.54, 1.807) is 12.1 Å². The van der Waals surface area contributed by atoms with Crippen LogP contribution >= 0.6 is 0 Å². The molecule has 29 heavy (non-hydrogen) atoms. The Morgan fingerprint density at radius 1 is 1.10 bits per heavy atom. The third kappa shape index (κ3) is 4.94. The molecule has 0 bridgehead atoms. The first-order valence-corrected chi connectivity index (χ1v) is 10.3. The number of phenols is 1. The molecule has 6 nitrogen and oxygen atoms in total. The van der Waals surface area contributed by atoms with Crippen molar-refractivity contribution in [2.45, 2.75) is 57.2 Å². The fourth-order valence-corrected chi connectivity index (χ4v) is 3.78. The van der Waals surface area contributed by atoms with Crippen LogP contribution in [0.5, 0.6) is 17.2 Å². The predicted molar refractivity (Wildman–Crippen MR) is 112 cm³/mol. The van der Waals surface area contributed by atoms with E-state index >= 15 is 0 Å². The van der Waals surface area contributed by atoms with Gasteiger partial charge in [-0.1, -0.05) is 6.07 Å². The molecule has 2 fully saturated rings. The summed E-state index contributed by atoms with van der Waals surface area (Å²) in [4.78, 5) is 14.7. The van der Waals surface area contributed by atoms with Gasteiger partial charge in [-0.15, -0.1) is 0 Å². The number of hydrogen-bond acceptors (Lipinski definition) is 4. The maximum Gasteiger partial charge on any atom is 0.322 e. The highest BCUT2D eigenvalue weighted by atomic mass is 16.5. The van der Waals surface area contributed by atoms with Crippen molar-refractivity contribution in [2.75, 3.05) is 12.4 Å². The van der Waals surface area contributed by atoms with Crippen molar-refractivity contribution < 1.29 is 19.4 Å². The number of rotatable bonds is 7. The molecule has 2 aliphatic rings. The van der Waals surface area contributed by atoms with E-state index in [1.807, 2.05) is 35.2 Å². The van der Waals surface area contributed by atoms with Crippen molar-refractivity contribution in [2.24, 2.45) is 0 Å². The quantitative estimate of drug-likeness (QED) is 0.697. The summed E-state index contributed by atoms with van der Waals surface area (Å²) in [6.07, 6.45) is 7.07. The van der Waals surface area contributed by atoms with Crippen LogP contribution in [0, 0.1) is 0 Å². The van der Waals surface area contributed by atoms with Crippen molar-refractivity contribution in [3.8, 4) is 17.2 Å². The fourth-order valence-electron chi connectivity index (χ4n) is 3.78. The Bertz CT molecular complexity index is 842. The molecule has 0 heterocycles. The second kappa shape index (κ2) is 8.64. The number of carbonyl (C=O) groups excluding carboxylic acids is 1. The molecule has 2 aliphatic carbocycles. The highest BCUT2D eigenvalue weighted by molar-refractivity contribution is 5.89. The molecule has 2 saturated carbocycles. The van der Waals surface area contributed by atoms with E-state index in [0.717, 1.165) is 42.7 Å². The van der Waals surface area contributed by atoms with Crippen LogP contribution in [0.25, 0.3) is 0 Å². The zero-order valence-corrected chi connectivity index (χ0v) is 16.8. The molecular formula is C23H28N2O4. The maximum atomic E-state index is 12.9. The Balaban J connectivity index is 1.38. The average molecular weight is 396 g/mol. The predicted octanol–water partition coefficient (Wildman–Crippen LogP) is 4.92. The Kier molecular flexibility index (Phi) is 5.79. The number of nitrogens with one attached hydrogen (secondary N) is 1. The van der Waals surface area contributed by atoms with Crippen molar-refractivity contribution in [3.05, 3.63) is 48.0 Å². The van der Waals surface area contributed by atoms with E-state index in [9.17, 15) is 9.90 Å². The van der Waals surface area contributed by atoms with Crippen molar-refractivity contribution in [1.29, 1.82) is 0 Å². The number of aromatic hydroxyl groups is 1. The smallest absolute Gasteiger partial charge is 0.322 e. The molecule has 2 aromatic rings. The average Bonchev–Trinajstić information content (AvgIpc) is 3.44. The summed E-state index contributed by atoms with van der Waals surface area (Å²) in [6.45, 7) is 0.468. The molecule has 0 aliphatic heterocycles. The summed E-state index contributed by atoms with van der Waals surface area (Å²) >= 11 is 0. The lowest BCUT2D eigenvalue weighted by Crippen LogP contribution is -2.36. The zero-order chi connectivity index (χ0) is 20.2. The van der Waals surface area contributed by atoms with Gasteiger partial charge in [0.25, 0.3) is 0 Å². The molecule has 0 unspecified atom stereocenters. The molecule has 2 N–H and O–H groups in total. The normalized spacial score (nSPS) is 16.4. The van der Waals surface area contributed by atoms with Gasteiger partial charge in [-0.3, -0.25) is 0 Å². The summed E-state index contributed by atoms with van der Waals surface area (Å²) in [5, 5.41) is 12.8. The zero-order valence-electron chi connectivity index (χ0n) is 16.8. The monoisotopic (exact) mass is 396 g/mol. The number of methoxy groups -OCH3 is 1. The first-order valence-electron chi connectivity index (χ1n) is 10.3. The van der Waals surface area contributed by atoms with Gasteiger partial charge < -0.3 is 24.8 Å². The van der Waals surface area contributed by atoms with E-state index in [4.69, 9.17) is 9.47 Å². The lowest BCUT2D eigenvalue weighted by atomic mass is 10.2. The second-order valence-corrected chi connectivity index (χ2v) is 7.84. The highest BCUT2D eigenvalue weighted by Crippen LogP contribution is 2.32. The van der Waals surface area contributed by atoms with Gasteiger partial charge in [-0.2, -0.15) is 0 Å². The lowest BCUT2D eigenvalue weighted by molar-refractivity contribution is 0.205. The maximum absolute atomic E-state index is 12.9. The van der Waals surface area contributed by atoms with Crippen LogP contribution in [-0.4, -0.2) is 35.3 Å². The molecule has 4 rings (SSSR count).